The number of aromatic nitrogens is 2. The number of hydrogen-bond donors (Lipinski definition) is 3. The van der Waals surface area contributed by atoms with E-state index >= 15 is 0 Å². The van der Waals surface area contributed by atoms with Crippen molar-refractivity contribution in [1.82, 2.24) is 15.3 Å². The standard InChI is InChI=1S/C14H18N4O/c1-14(2,8-15)9-16-6-5-10-3-4-11-12(7-10)18-13(19)17-11/h3-4,7,16H,5-6,9H2,1-2H3,(H2,17,18,19). The minimum Gasteiger partial charge on any atom is -0.315 e. The molecule has 0 saturated heterocycles. The van der Waals surface area contributed by atoms with Gasteiger partial charge in [0, 0.05) is 6.54 Å². The minimum atomic E-state index is -0.337. The molecule has 1 aromatic heterocycles. The summed E-state index contributed by atoms with van der Waals surface area (Å²) in [6, 6.07) is 8.14. The van der Waals surface area contributed by atoms with Crippen molar-refractivity contribution < 1.29 is 0 Å². The highest BCUT2D eigenvalue weighted by Gasteiger charge is 2.15. The Morgan fingerprint density at radius 1 is 1.32 bits per heavy atom. The predicted molar refractivity (Wildman–Crippen MR) is 74.9 cm³/mol. The van der Waals surface area contributed by atoms with E-state index in [4.69, 9.17) is 5.26 Å². The lowest BCUT2D eigenvalue weighted by atomic mass is 9.96. The molecule has 0 spiro atoms. The Hall–Kier alpha value is -2.06. The van der Waals surface area contributed by atoms with E-state index in [1.54, 1.807) is 0 Å². The Balaban J connectivity index is 1.92. The molecule has 0 atom stereocenters. The van der Waals surface area contributed by atoms with Gasteiger partial charge in [-0.1, -0.05) is 6.07 Å². The van der Waals surface area contributed by atoms with E-state index in [1.807, 2.05) is 32.0 Å². The zero-order valence-corrected chi connectivity index (χ0v) is 11.2. The fourth-order valence-corrected chi connectivity index (χ4v) is 1.91. The topological polar surface area (TPSA) is 84.5 Å². The van der Waals surface area contributed by atoms with Gasteiger partial charge in [-0.3, -0.25) is 0 Å². The monoisotopic (exact) mass is 258 g/mol. The highest BCUT2D eigenvalue weighted by molar-refractivity contribution is 5.74. The third kappa shape index (κ3) is 3.46. The van der Waals surface area contributed by atoms with Crippen molar-refractivity contribution in [2.24, 2.45) is 5.41 Å². The molecule has 0 bridgehead atoms. The minimum absolute atomic E-state index is 0.180. The van der Waals surface area contributed by atoms with Gasteiger partial charge in [0.05, 0.1) is 22.5 Å². The highest BCUT2D eigenvalue weighted by Crippen LogP contribution is 2.12. The van der Waals surface area contributed by atoms with Crippen molar-refractivity contribution in [1.29, 1.82) is 5.26 Å². The first-order valence-electron chi connectivity index (χ1n) is 6.33. The van der Waals surface area contributed by atoms with E-state index in [-0.39, 0.29) is 11.1 Å². The number of H-pyrrole nitrogens is 2. The summed E-state index contributed by atoms with van der Waals surface area (Å²) in [5, 5.41) is 12.2. The van der Waals surface area contributed by atoms with E-state index in [9.17, 15) is 4.79 Å². The van der Waals surface area contributed by atoms with Crippen LogP contribution in [0.25, 0.3) is 11.0 Å². The predicted octanol–water partition coefficient (Wildman–Crippen LogP) is 1.54. The molecular weight excluding hydrogens is 240 g/mol. The smallest absolute Gasteiger partial charge is 0.315 e. The first-order chi connectivity index (χ1) is 9.00. The fraction of sp³-hybridized carbons (Fsp3) is 0.429. The van der Waals surface area contributed by atoms with Gasteiger partial charge < -0.3 is 15.3 Å². The maximum atomic E-state index is 11.1. The third-order valence-corrected chi connectivity index (χ3v) is 3.04. The molecule has 0 aliphatic heterocycles. The maximum absolute atomic E-state index is 11.1. The Morgan fingerprint density at radius 2 is 2.05 bits per heavy atom. The molecule has 5 nitrogen and oxygen atoms in total. The number of aromatic amines is 2. The van der Waals surface area contributed by atoms with Gasteiger partial charge in [0.25, 0.3) is 0 Å². The van der Waals surface area contributed by atoms with Crippen molar-refractivity contribution in [3.05, 3.63) is 34.2 Å². The van der Waals surface area contributed by atoms with E-state index < -0.39 is 0 Å². The number of nitriles is 1. The molecule has 5 heteroatoms. The van der Waals surface area contributed by atoms with Crippen molar-refractivity contribution in [2.75, 3.05) is 13.1 Å². The summed E-state index contributed by atoms with van der Waals surface area (Å²) in [6.45, 7) is 5.31. The lowest BCUT2D eigenvalue weighted by molar-refractivity contribution is 0.447. The zero-order valence-electron chi connectivity index (χ0n) is 11.2. The summed E-state index contributed by atoms with van der Waals surface area (Å²) in [5.74, 6) is 0. The van der Waals surface area contributed by atoms with Crippen LogP contribution in [0.1, 0.15) is 19.4 Å². The van der Waals surface area contributed by atoms with Crippen LogP contribution < -0.4 is 11.0 Å². The number of fused-ring (bicyclic) bond motifs is 1. The van der Waals surface area contributed by atoms with Crippen LogP contribution in [0.3, 0.4) is 0 Å². The molecular formula is C14H18N4O. The van der Waals surface area contributed by atoms with Crippen LogP contribution in [0, 0.1) is 16.7 Å². The molecule has 1 aromatic carbocycles. The SMILES string of the molecule is CC(C)(C#N)CNCCc1ccc2[nH]c(=O)[nH]c2c1. The summed E-state index contributed by atoms with van der Waals surface area (Å²) < 4.78 is 0. The highest BCUT2D eigenvalue weighted by atomic mass is 16.1. The average molecular weight is 258 g/mol. The van der Waals surface area contributed by atoms with Crippen LogP contribution in [0.4, 0.5) is 0 Å². The van der Waals surface area contributed by atoms with Gasteiger partial charge in [-0.15, -0.1) is 0 Å². The maximum Gasteiger partial charge on any atom is 0.323 e. The quantitative estimate of drug-likeness (QED) is 0.711. The molecule has 19 heavy (non-hydrogen) atoms. The molecule has 0 radical (unpaired) electrons. The Kier molecular flexibility index (Phi) is 3.72. The number of nitrogens with one attached hydrogen (secondary N) is 3. The van der Waals surface area contributed by atoms with Crippen molar-refractivity contribution in [3.63, 3.8) is 0 Å². The van der Waals surface area contributed by atoms with Gasteiger partial charge in [0.1, 0.15) is 0 Å². The van der Waals surface area contributed by atoms with Crippen LogP contribution in [0.5, 0.6) is 0 Å². The van der Waals surface area contributed by atoms with Crippen molar-refractivity contribution >= 4 is 11.0 Å². The lowest BCUT2D eigenvalue weighted by Crippen LogP contribution is -2.29. The van der Waals surface area contributed by atoms with Crippen molar-refractivity contribution in [3.8, 4) is 6.07 Å². The second-order valence-electron chi connectivity index (χ2n) is 5.38. The summed E-state index contributed by atoms with van der Waals surface area (Å²) >= 11 is 0. The molecule has 2 aromatic rings. The first kappa shape index (κ1) is 13.4. The first-order valence-corrected chi connectivity index (χ1v) is 6.33. The van der Waals surface area contributed by atoms with Gasteiger partial charge in [-0.05, 0) is 44.5 Å². The molecule has 3 N–H and O–H groups in total. The summed E-state index contributed by atoms with van der Waals surface area (Å²) in [6.07, 6.45) is 0.866. The molecule has 2 rings (SSSR count). The Labute approximate surface area is 111 Å². The van der Waals surface area contributed by atoms with Crippen LogP contribution in [-0.4, -0.2) is 23.1 Å². The van der Waals surface area contributed by atoms with E-state index in [2.05, 4.69) is 21.4 Å². The summed E-state index contributed by atoms with van der Waals surface area (Å²) in [5.41, 5.74) is 2.30. The lowest BCUT2D eigenvalue weighted by Gasteiger charge is -2.15. The van der Waals surface area contributed by atoms with Gasteiger partial charge >= 0.3 is 5.69 Å². The second-order valence-corrected chi connectivity index (χ2v) is 5.38. The molecule has 0 aliphatic rings. The van der Waals surface area contributed by atoms with Crippen LogP contribution >= 0.6 is 0 Å². The fourth-order valence-electron chi connectivity index (χ4n) is 1.91. The number of nitrogens with zero attached hydrogens (tertiary/aromatic N) is 1. The number of hydrogen-bond acceptors (Lipinski definition) is 3. The summed E-state index contributed by atoms with van der Waals surface area (Å²) in [4.78, 5) is 16.6. The van der Waals surface area contributed by atoms with Crippen LogP contribution in [0.2, 0.25) is 0 Å². The second kappa shape index (κ2) is 5.29. The zero-order chi connectivity index (χ0) is 13.9. The van der Waals surface area contributed by atoms with Gasteiger partial charge in [-0.2, -0.15) is 5.26 Å². The molecule has 0 aliphatic carbocycles. The van der Waals surface area contributed by atoms with Gasteiger partial charge in [0.15, 0.2) is 0 Å². The molecule has 0 amide bonds. The van der Waals surface area contributed by atoms with Gasteiger partial charge in [0.2, 0.25) is 0 Å². The number of rotatable bonds is 5. The molecule has 0 fully saturated rings. The normalized spacial score (nSPS) is 11.6. The largest absolute Gasteiger partial charge is 0.323 e. The molecule has 1 heterocycles. The van der Waals surface area contributed by atoms with E-state index in [1.165, 1.54) is 0 Å². The molecule has 100 valence electrons. The van der Waals surface area contributed by atoms with Crippen LogP contribution in [-0.2, 0) is 6.42 Å². The van der Waals surface area contributed by atoms with Gasteiger partial charge in [-0.25, -0.2) is 4.79 Å². The van der Waals surface area contributed by atoms with E-state index in [0.717, 1.165) is 29.6 Å². The summed E-state index contributed by atoms with van der Waals surface area (Å²) in [7, 11) is 0. The third-order valence-electron chi connectivity index (χ3n) is 3.04. The number of benzene rings is 1. The Bertz CT molecular complexity index is 660. The average Bonchev–Trinajstić information content (AvgIpc) is 2.74. The molecule has 0 unspecified atom stereocenters. The number of imidazole rings is 1. The van der Waals surface area contributed by atoms with Crippen LogP contribution in [0.15, 0.2) is 23.0 Å². The Morgan fingerprint density at radius 3 is 2.79 bits per heavy atom. The molecule has 0 saturated carbocycles. The van der Waals surface area contributed by atoms with Crippen molar-refractivity contribution in [2.45, 2.75) is 20.3 Å². The van der Waals surface area contributed by atoms with E-state index in [0.29, 0.717) is 6.54 Å².